The van der Waals surface area contributed by atoms with E-state index in [0.717, 1.165) is 21.2 Å². The number of thiazole rings is 1. The van der Waals surface area contributed by atoms with Crippen molar-refractivity contribution < 1.29 is 19.0 Å². The first-order valence-corrected chi connectivity index (χ1v) is 14.8. The molecule has 0 bridgehead atoms. The van der Waals surface area contributed by atoms with Crippen LogP contribution in [0, 0.1) is 0 Å². The van der Waals surface area contributed by atoms with E-state index in [2.05, 4.69) is 15.9 Å². The summed E-state index contributed by atoms with van der Waals surface area (Å²) in [5, 5.41) is 0.659. The van der Waals surface area contributed by atoms with Crippen molar-refractivity contribution in [3.63, 3.8) is 0 Å². The van der Waals surface area contributed by atoms with E-state index < -0.39 is 12.0 Å². The standard InChI is InChI=1S/C31H26BrClN2O5S/c1-4-23-27(30(37)39-3)28(19-8-6-5-7-9-19)35-29(36)26(41-31(35)34-23)15-20-14-24(38-2)25(16-22(20)32)40-17-18-10-12-21(33)13-11-18/h5-16,28H,4,17H2,1-3H3/b26-15-/t28-/m0/s1. The molecular weight excluding hydrogens is 628 g/mol. The number of ether oxygens (including phenoxy) is 3. The molecule has 3 aromatic carbocycles. The molecule has 10 heteroatoms. The molecule has 210 valence electrons. The molecule has 0 aliphatic carbocycles. The predicted octanol–water partition coefficient (Wildman–Crippen LogP) is 5.80. The molecule has 0 amide bonds. The second-order valence-corrected chi connectivity index (χ2v) is 11.4. The lowest BCUT2D eigenvalue weighted by Gasteiger charge is -2.25. The fourth-order valence-corrected chi connectivity index (χ4v) is 6.21. The summed E-state index contributed by atoms with van der Waals surface area (Å²) in [5.41, 5.74) is 3.20. The largest absolute Gasteiger partial charge is 0.493 e. The van der Waals surface area contributed by atoms with Crippen molar-refractivity contribution in [2.24, 2.45) is 4.99 Å². The van der Waals surface area contributed by atoms with E-state index in [1.807, 2.05) is 73.7 Å². The van der Waals surface area contributed by atoms with Crippen molar-refractivity contribution in [2.45, 2.75) is 26.0 Å². The van der Waals surface area contributed by atoms with Gasteiger partial charge in [0, 0.05) is 9.50 Å². The highest BCUT2D eigenvalue weighted by atomic mass is 79.9. The Hall–Kier alpha value is -3.66. The fraction of sp³-hybridized carbons (Fsp3) is 0.194. The molecule has 7 nitrogen and oxygen atoms in total. The van der Waals surface area contributed by atoms with Crippen LogP contribution in [0.25, 0.3) is 6.08 Å². The lowest BCUT2D eigenvalue weighted by molar-refractivity contribution is -0.136. The normalized spacial score (nSPS) is 14.9. The number of hydrogen-bond acceptors (Lipinski definition) is 7. The smallest absolute Gasteiger partial charge is 0.338 e. The number of nitrogens with zero attached hydrogens (tertiary/aromatic N) is 2. The number of benzene rings is 3. The second-order valence-electron chi connectivity index (χ2n) is 9.14. The molecule has 0 radical (unpaired) electrons. The van der Waals surface area contributed by atoms with Gasteiger partial charge in [0.25, 0.3) is 5.56 Å². The molecule has 1 aromatic heterocycles. The van der Waals surface area contributed by atoms with Crippen LogP contribution in [-0.2, 0) is 16.1 Å². The van der Waals surface area contributed by atoms with Crippen LogP contribution in [0.1, 0.15) is 36.1 Å². The highest BCUT2D eigenvalue weighted by Gasteiger charge is 2.33. The lowest BCUT2D eigenvalue weighted by atomic mass is 9.95. The van der Waals surface area contributed by atoms with Crippen molar-refractivity contribution in [3.05, 3.63) is 124 Å². The molecule has 0 N–H and O–H groups in total. The van der Waals surface area contributed by atoms with E-state index in [1.54, 1.807) is 17.8 Å². The van der Waals surface area contributed by atoms with Crippen molar-refractivity contribution in [2.75, 3.05) is 14.2 Å². The summed E-state index contributed by atoms with van der Waals surface area (Å²) in [5.74, 6) is 0.562. The van der Waals surface area contributed by atoms with Crippen LogP contribution < -0.4 is 24.4 Å². The molecule has 1 aliphatic heterocycles. The van der Waals surface area contributed by atoms with Gasteiger partial charge in [0.15, 0.2) is 16.3 Å². The Morgan fingerprint density at radius 1 is 1.10 bits per heavy atom. The van der Waals surface area contributed by atoms with Crippen LogP contribution in [-0.4, -0.2) is 24.8 Å². The summed E-state index contributed by atoms with van der Waals surface area (Å²) in [6, 6.07) is 19.8. The van der Waals surface area contributed by atoms with Gasteiger partial charge in [0.1, 0.15) is 6.61 Å². The molecule has 0 fully saturated rings. The second kappa shape index (κ2) is 12.5. The Kier molecular flexibility index (Phi) is 8.77. The maximum atomic E-state index is 13.9. The average Bonchev–Trinajstić information content (AvgIpc) is 3.31. The van der Waals surface area contributed by atoms with Crippen molar-refractivity contribution >= 4 is 50.9 Å². The minimum absolute atomic E-state index is 0.256. The first kappa shape index (κ1) is 28.9. The molecule has 5 rings (SSSR count). The SMILES string of the molecule is CCC1=C(C(=O)OC)[C@H](c2ccccc2)n2c(s/c(=C\c3cc(OC)c(OCc4ccc(Cl)cc4)cc3Br)c2=O)=N1. The van der Waals surface area contributed by atoms with Gasteiger partial charge in [-0.2, -0.15) is 0 Å². The van der Waals surface area contributed by atoms with Gasteiger partial charge >= 0.3 is 5.97 Å². The third-order valence-electron chi connectivity index (χ3n) is 6.64. The number of methoxy groups -OCH3 is 2. The fourth-order valence-electron chi connectivity index (χ4n) is 4.63. The minimum atomic E-state index is -0.654. The first-order chi connectivity index (χ1) is 19.8. The lowest BCUT2D eigenvalue weighted by Crippen LogP contribution is -2.40. The number of fused-ring (bicyclic) bond motifs is 1. The number of hydrogen-bond donors (Lipinski definition) is 0. The highest BCUT2D eigenvalue weighted by molar-refractivity contribution is 9.10. The Labute approximate surface area is 254 Å². The molecule has 1 aliphatic rings. The summed E-state index contributed by atoms with van der Waals surface area (Å²) in [6.07, 6.45) is 2.30. The van der Waals surface area contributed by atoms with E-state index in [-0.39, 0.29) is 5.56 Å². The van der Waals surface area contributed by atoms with Gasteiger partial charge in [-0.05, 0) is 53.5 Å². The number of carbonyl (C=O) groups is 1. The van der Waals surface area contributed by atoms with Crippen LogP contribution >= 0.6 is 38.9 Å². The summed E-state index contributed by atoms with van der Waals surface area (Å²) < 4.78 is 19.5. The van der Waals surface area contributed by atoms with Crippen LogP contribution in [0.4, 0.5) is 0 Å². The van der Waals surface area contributed by atoms with Crippen molar-refractivity contribution in [1.82, 2.24) is 4.57 Å². The molecule has 4 aromatic rings. The number of rotatable bonds is 8. The Bertz CT molecular complexity index is 1810. The van der Waals surface area contributed by atoms with E-state index in [1.165, 1.54) is 18.4 Å². The summed E-state index contributed by atoms with van der Waals surface area (Å²) in [4.78, 5) is 32.1. The third kappa shape index (κ3) is 5.88. The molecule has 0 saturated heterocycles. The van der Waals surface area contributed by atoms with Crippen molar-refractivity contribution in [1.29, 1.82) is 0 Å². The van der Waals surface area contributed by atoms with Gasteiger partial charge in [-0.25, -0.2) is 9.79 Å². The number of esters is 1. The van der Waals surface area contributed by atoms with Gasteiger partial charge in [0.05, 0.1) is 36.1 Å². The molecule has 0 spiro atoms. The zero-order valence-electron chi connectivity index (χ0n) is 22.5. The van der Waals surface area contributed by atoms with Gasteiger partial charge < -0.3 is 14.2 Å². The van der Waals surface area contributed by atoms with E-state index in [0.29, 0.717) is 50.2 Å². The minimum Gasteiger partial charge on any atom is -0.493 e. The number of aromatic nitrogens is 1. The molecule has 1 atom stereocenters. The maximum Gasteiger partial charge on any atom is 0.338 e. The molecule has 2 heterocycles. The Morgan fingerprint density at radius 2 is 1.83 bits per heavy atom. The average molecular weight is 654 g/mol. The van der Waals surface area contributed by atoms with Crippen molar-refractivity contribution in [3.8, 4) is 11.5 Å². The third-order valence-corrected chi connectivity index (χ3v) is 8.56. The zero-order chi connectivity index (χ0) is 29.1. The van der Waals surface area contributed by atoms with Crippen LogP contribution in [0.15, 0.2) is 92.3 Å². The van der Waals surface area contributed by atoms with Crippen LogP contribution in [0.2, 0.25) is 5.02 Å². The highest BCUT2D eigenvalue weighted by Crippen LogP contribution is 2.35. The van der Waals surface area contributed by atoms with Gasteiger partial charge in [-0.3, -0.25) is 9.36 Å². The summed E-state index contributed by atoms with van der Waals surface area (Å²) in [6.45, 7) is 2.26. The maximum absolute atomic E-state index is 13.9. The van der Waals surface area contributed by atoms with Crippen LogP contribution in [0.5, 0.6) is 11.5 Å². The molecule has 41 heavy (non-hydrogen) atoms. The molecule has 0 unspecified atom stereocenters. The number of halogens is 2. The summed E-state index contributed by atoms with van der Waals surface area (Å²) in [7, 11) is 2.90. The number of carbonyl (C=O) groups excluding carboxylic acids is 1. The molecule has 0 saturated carbocycles. The quantitative estimate of drug-likeness (QED) is 0.225. The van der Waals surface area contributed by atoms with E-state index >= 15 is 0 Å². The van der Waals surface area contributed by atoms with Gasteiger partial charge in [-0.1, -0.05) is 88.3 Å². The van der Waals surface area contributed by atoms with E-state index in [9.17, 15) is 9.59 Å². The monoisotopic (exact) mass is 652 g/mol. The topological polar surface area (TPSA) is 79.1 Å². The Balaban J connectivity index is 1.58. The Morgan fingerprint density at radius 3 is 2.49 bits per heavy atom. The number of allylic oxidation sites excluding steroid dienone is 1. The van der Waals surface area contributed by atoms with Crippen LogP contribution in [0.3, 0.4) is 0 Å². The van der Waals surface area contributed by atoms with Gasteiger partial charge in [-0.15, -0.1) is 0 Å². The molecular formula is C31H26BrClN2O5S. The van der Waals surface area contributed by atoms with E-state index in [4.69, 9.17) is 30.8 Å². The first-order valence-electron chi connectivity index (χ1n) is 12.8. The summed E-state index contributed by atoms with van der Waals surface area (Å²) >= 11 is 10.9. The predicted molar refractivity (Wildman–Crippen MR) is 163 cm³/mol. The van der Waals surface area contributed by atoms with Gasteiger partial charge in [0.2, 0.25) is 0 Å². The zero-order valence-corrected chi connectivity index (χ0v) is 25.7.